The van der Waals surface area contributed by atoms with E-state index in [1.54, 1.807) is 0 Å². The molecule has 0 fully saturated rings. The molecule has 116 valence electrons. The van der Waals surface area contributed by atoms with Gasteiger partial charge in [0.2, 0.25) is 5.89 Å². The molecule has 1 rings (SSSR count). The second-order valence-corrected chi connectivity index (χ2v) is 7.90. The van der Waals surface area contributed by atoms with E-state index in [1.807, 2.05) is 13.8 Å². The molecular weight excluding hydrogens is 280 g/mol. The first-order valence-electron chi connectivity index (χ1n) is 6.65. The van der Waals surface area contributed by atoms with Crippen molar-refractivity contribution < 1.29 is 12.9 Å². The van der Waals surface area contributed by atoms with Crippen LogP contribution in [0.1, 0.15) is 45.5 Å². The van der Waals surface area contributed by atoms with E-state index in [9.17, 15) is 8.42 Å². The molecule has 20 heavy (non-hydrogen) atoms. The predicted octanol–water partition coefficient (Wildman–Crippen LogP) is 0.691. The fraction of sp³-hybridized carbons (Fsp3) is 0.833. The lowest BCUT2D eigenvalue weighted by Gasteiger charge is -2.20. The molecule has 1 heterocycles. The average molecular weight is 304 g/mol. The normalized spacial score (nSPS) is 14.8. The first-order chi connectivity index (χ1) is 9.13. The van der Waals surface area contributed by atoms with E-state index in [0.29, 0.717) is 12.4 Å². The minimum Gasteiger partial charge on any atom is -0.338 e. The number of aromatic nitrogens is 2. The van der Waals surface area contributed by atoms with Gasteiger partial charge in [0.1, 0.15) is 4.75 Å². The van der Waals surface area contributed by atoms with Gasteiger partial charge >= 0.3 is 0 Å². The molecule has 0 saturated carbocycles. The third-order valence-corrected chi connectivity index (χ3v) is 5.59. The molecule has 0 amide bonds. The predicted molar refractivity (Wildman–Crippen MR) is 76.9 cm³/mol. The highest BCUT2D eigenvalue weighted by Crippen LogP contribution is 2.27. The molecule has 0 bridgehead atoms. The second-order valence-electron chi connectivity index (χ2n) is 5.33. The van der Waals surface area contributed by atoms with Crippen LogP contribution in [-0.4, -0.2) is 49.3 Å². The summed E-state index contributed by atoms with van der Waals surface area (Å²) in [6, 6.07) is -0.400. The molecule has 8 heteroatoms. The van der Waals surface area contributed by atoms with E-state index in [1.165, 1.54) is 13.8 Å². The Hall–Kier alpha value is -0.990. The van der Waals surface area contributed by atoms with Crippen molar-refractivity contribution in [3.8, 4) is 0 Å². The number of sulfone groups is 1. The highest BCUT2D eigenvalue weighted by atomic mass is 32.2. The van der Waals surface area contributed by atoms with Gasteiger partial charge < -0.3 is 15.2 Å². The average Bonchev–Trinajstić information content (AvgIpc) is 2.84. The largest absolute Gasteiger partial charge is 0.338 e. The van der Waals surface area contributed by atoms with Crippen molar-refractivity contribution in [1.82, 2.24) is 15.0 Å². The van der Waals surface area contributed by atoms with Crippen molar-refractivity contribution >= 4 is 9.84 Å². The Morgan fingerprint density at radius 1 is 1.35 bits per heavy atom. The summed E-state index contributed by atoms with van der Waals surface area (Å²) in [7, 11) is -3.35. The number of hydrogen-bond acceptors (Lipinski definition) is 7. The number of rotatable bonds is 7. The molecule has 2 N–H and O–H groups in total. The smallest absolute Gasteiger partial charge is 0.247 e. The lowest BCUT2D eigenvalue weighted by atomic mass is 10.2. The van der Waals surface area contributed by atoms with Gasteiger partial charge in [-0.15, -0.1) is 0 Å². The molecule has 0 radical (unpaired) electrons. The summed E-state index contributed by atoms with van der Waals surface area (Å²) in [4.78, 5) is 6.30. The summed E-state index contributed by atoms with van der Waals surface area (Å²) in [5, 5.41) is 3.82. The SMILES string of the molecule is CCN(CC)CC(N)c1noc(C(C)(C)S(C)(=O)=O)n1. The monoisotopic (exact) mass is 304 g/mol. The Morgan fingerprint density at radius 3 is 2.35 bits per heavy atom. The van der Waals surface area contributed by atoms with E-state index < -0.39 is 20.6 Å². The van der Waals surface area contributed by atoms with Crippen LogP contribution in [0.4, 0.5) is 0 Å². The van der Waals surface area contributed by atoms with Crippen LogP contribution in [-0.2, 0) is 14.6 Å². The van der Waals surface area contributed by atoms with Gasteiger partial charge in [0.25, 0.3) is 0 Å². The topological polar surface area (TPSA) is 102 Å². The minimum absolute atomic E-state index is 0.0741. The molecule has 0 aromatic carbocycles. The van der Waals surface area contributed by atoms with Crippen LogP contribution < -0.4 is 5.73 Å². The minimum atomic E-state index is -3.35. The summed E-state index contributed by atoms with van der Waals surface area (Å²) in [5.74, 6) is 0.411. The van der Waals surface area contributed by atoms with Gasteiger partial charge in [-0.2, -0.15) is 4.98 Å². The summed E-state index contributed by atoms with van der Waals surface area (Å²) >= 11 is 0. The zero-order chi connectivity index (χ0) is 15.6. The van der Waals surface area contributed by atoms with Crippen molar-refractivity contribution in [2.75, 3.05) is 25.9 Å². The molecule has 1 aromatic rings. The molecular formula is C12H24N4O3S. The van der Waals surface area contributed by atoms with Gasteiger partial charge in [0.05, 0.1) is 6.04 Å². The molecule has 0 spiro atoms. The standard InChI is InChI=1S/C12H24N4O3S/c1-6-16(7-2)8-9(13)10-14-11(19-15-10)12(3,4)20(5,17)18/h9H,6-8,13H2,1-5H3. The van der Waals surface area contributed by atoms with Gasteiger partial charge in [0.15, 0.2) is 15.7 Å². The summed E-state index contributed by atoms with van der Waals surface area (Å²) in [6.07, 6.45) is 1.15. The van der Waals surface area contributed by atoms with Crippen LogP contribution in [0.15, 0.2) is 4.52 Å². The van der Waals surface area contributed by atoms with Gasteiger partial charge in [0, 0.05) is 12.8 Å². The zero-order valence-corrected chi connectivity index (χ0v) is 13.6. The van der Waals surface area contributed by atoms with Crippen LogP contribution in [0.2, 0.25) is 0 Å². The van der Waals surface area contributed by atoms with Crippen LogP contribution in [0.3, 0.4) is 0 Å². The molecule has 0 aliphatic heterocycles. The fourth-order valence-corrected chi connectivity index (χ4v) is 2.03. The molecule has 7 nitrogen and oxygen atoms in total. The number of nitrogens with zero attached hydrogens (tertiary/aromatic N) is 3. The van der Waals surface area contributed by atoms with Crippen LogP contribution >= 0.6 is 0 Å². The van der Waals surface area contributed by atoms with E-state index >= 15 is 0 Å². The Balaban J connectivity index is 2.93. The summed E-state index contributed by atoms with van der Waals surface area (Å²) in [5.41, 5.74) is 6.04. The Kier molecular flexibility index (Phi) is 5.28. The van der Waals surface area contributed by atoms with Gasteiger partial charge in [-0.05, 0) is 26.9 Å². The Labute approximate surface area is 120 Å². The summed E-state index contributed by atoms with van der Waals surface area (Å²) in [6.45, 7) is 9.53. The number of nitrogens with two attached hydrogens (primary N) is 1. The van der Waals surface area contributed by atoms with Crippen molar-refractivity contribution in [1.29, 1.82) is 0 Å². The first-order valence-corrected chi connectivity index (χ1v) is 8.54. The van der Waals surface area contributed by atoms with Crippen molar-refractivity contribution in [2.24, 2.45) is 5.73 Å². The maximum atomic E-state index is 11.7. The zero-order valence-electron chi connectivity index (χ0n) is 12.8. The first kappa shape index (κ1) is 17.1. The second kappa shape index (κ2) is 6.19. The molecule has 1 atom stereocenters. The van der Waals surface area contributed by atoms with Crippen LogP contribution in [0, 0.1) is 0 Å². The molecule has 0 saturated heterocycles. The van der Waals surface area contributed by atoms with E-state index in [-0.39, 0.29) is 5.89 Å². The molecule has 0 aliphatic rings. The lowest BCUT2D eigenvalue weighted by molar-refractivity contribution is 0.276. The third kappa shape index (κ3) is 3.56. The number of hydrogen-bond donors (Lipinski definition) is 1. The maximum Gasteiger partial charge on any atom is 0.247 e. The van der Waals surface area contributed by atoms with Crippen molar-refractivity contribution in [3.05, 3.63) is 11.7 Å². The Bertz CT molecular complexity index is 535. The lowest BCUT2D eigenvalue weighted by Crippen LogP contribution is -2.33. The molecule has 1 aromatic heterocycles. The van der Waals surface area contributed by atoms with Gasteiger partial charge in [-0.3, -0.25) is 0 Å². The quantitative estimate of drug-likeness (QED) is 0.790. The molecule has 0 aliphatic carbocycles. The highest BCUT2D eigenvalue weighted by Gasteiger charge is 2.38. The van der Waals surface area contributed by atoms with E-state index in [4.69, 9.17) is 10.3 Å². The summed E-state index contributed by atoms with van der Waals surface area (Å²) < 4.78 is 27.3. The van der Waals surface area contributed by atoms with Crippen molar-refractivity contribution in [2.45, 2.75) is 38.5 Å². The fourth-order valence-electron chi connectivity index (χ4n) is 1.63. The maximum absolute atomic E-state index is 11.7. The number of likely N-dealkylation sites (N-methyl/N-ethyl adjacent to an activating group) is 1. The van der Waals surface area contributed by atoms with Gasteiger partial charge in [-0.1, -0.05) is 19.0 Å². The van der Waals surface area contributed by atoms with Gasteiger partial charge in [-0.25, -0.2) is 8.42 Å². The highest BCUT2D eigenvalue weighted by molar-refractivity contribution is 7.91. The molecule has 1 unspecified atom stereocenters. The van der Waals surface area contributed by atoms with Crippen molar-refractivity contribution in [3.63, 3.8) is 0 Å². The van der Waals surface area contributed by atoms with Crippen LogP contribution in [0.5, 0.6) is 0 Å². The Morgan fingerprint density at radius 2 is 1.90 bits per heavy atom. The van der Waals surface area contributed by atoms with E-state index in [0.717, 1.165) is 19.3 Å². The third-order valence-electron chi connectivity index (χ3n) is 3.56. The van der Waals surface area contributed by atoms with Crippen LogP contribution in [0.25, 0.3) is 0 Å². The van der Waals surface area contributed by atoms with E-state index in [2.05, 4.69) is 15.0 Å².